The molecule has 6 nitrogen and oxygen atoms in total. The van der Waals surface area contributed by atoms with Gasteiger partial charge < -0.3 is 10.2 Å². The van der Waals surface area contributed by atoms with Gasteiger partial charge in [-0.3, -0.25) is 4.79 Å². The molecule has 9 heteroatoms. The molecule has 0 atom stereocenters. The highest BCUT2D eigenvalue weighted by Crippen LogP contribution is 2.29. The first-order chi connectivity index (χ1) is 17.1. The quantitative estimate of drug-likeness (QED) is 0.382. The van der Waals surface area contributed by atoms with Crippen LogP contribution in [0.2, 0.25) is 0 Å². The molecule has 0 aliphatic rings. The van der Waals surface area contributed by atoms with E-state index in [1.807, 2.05) is 38.4 Å². The minimum atomic E-state index is -4.47. The predicted octanol–water partition coefficient (Wildman–Crippen LogP) is 5.25. The molecule has 0 unspecified atom stereocenters. The summed E-state index contributed by atoms with van der Waals surface area (Å²) in [5, 5.41) is 7.09. The minimum Gasteiger partial charge on any atom is -0.348 e. The van der Waals surface area contributed by atoms with Gasteiger partial charge in [-0.15, -0.1) is 0 Å². The molecule has 0 fully saturated rings. The van der Waals surface area contributed by atoms with Crippen molar-refractivity contribution in [2.75, 3.05) is 14.1 Å². The highest BCUT2D eigenvalue weighted by atomic mass is 19.4. The molecule has 1 N–H and O–H groups in total. The molecule has 4 aromatic rings. The second-order valence-corrected chi connectivity index (χ2v) is 8.73. The molecule has 4 rings (SSSR count). The van der Waals surface area contributed by atoms with E-state index in [0.29, 0.717) is 17.8 Å². The summed E-state index contributed by atoms with van der Waals surface area (Å²) in [6, 6.07) is 18.4. The Labute approximate surface area is 207 Å². The van der Waals surface area contributed by atoms with Gasteiger partial charge in [-0.25, -0.2) is 9.67 Å². The Balaban J connectivity index is 1.48. The topological polar surface area (TPSA) is 63.1 Å². The lowest BCUT2D eigenvalue weighted by Gasteiger charge is -2.13. The zero-order chi connectivity index (χ0) is 25.9. The number of aromatic nitrogens is 3. The van der Waals surface area contributed by atoms with E-state index >= 15 is 0 Å². The van der Waals surface area contributed by atoms with E-state index in [4.69, 9.17) is 0 Å². The molecule has 2 heterocycles. The van der Waals surface area contributed by atoms with Gasteiger partial charge in [0.25, 0.3) is 5.91 Å². The average molecular weight is 494 g/mol. The Morgan fingerprint density at radius 3 is 2.36 bits per heavy atom. The van der Waals surface area contributed by atoms with E-state index in [9.17, 15) is 18.0 Å². The van der Waals surface area contributed by atoms with E-state index < -0.39 is 11.7 Å². The molecule has 2 aromatic heterocycles. The van der Waals surface area contributed by atoms with Crippen molar-refractivity contribution >= 4 is 5.91 Å². The Morgan fingerprint density at radius 1 is 1.00 bits per heavy atom. The molecule has 0 saturated heterocycles. The summed E-state index contributed by atoms with van der Waals surface area (Å²) in [6.07, 6.45) is -2.33. The molecular weight excluding hydrogens is 467 g/mol. The van der Waals surface area contributed by atoms with Crippen LogP contribution in [0.5, 0.6) is 0 Å². The second kappa shape index (κ2) is 10.3. The number of halogens is 3. The summed E-state index contributed by atoms with van der Waals surface area (Å²) >= 11 is 0. The molecule has 2 aromatic carbocycles. The first-order valence-corrected chi connectivity index (χ1v) is 11.3. The normalized spacial score (nSPS) is 11.6. The number of hydrogen-bond donors (Lipinski definition) is 1. The van der Waals surface area contributed by atoms with Crippen molar-refractivity contribution in [1.29, 1.82) is 0 Å². The molecule has 0 spiro atoms. The number of nitrogens with zero attached hydrogens (tertiary/aromatic N) is 4. The van der Waals surface area contributed by atoms with E-state index in [-0.39, 0.29) is 11.7 Å². The molecule has 0 bridgehead atoms. The van der Waals surface area contributed by atoms with Crippen molar-refractivity contribution in [3.8, 4) is 16.9 Å². The van der Waals surface area contributed by atoms with E-state index in [0.717, 1.165) is 35.5 Å². The largest absolute Gasteiger partial charge is 0.417 e. The Morgan fingerprint density at radius 2 is 1.72 bits per heavy atom. The van der Waals surface area contributed by atoms with Gasteiger partial charge in [-0.05, 0) is 55.4 Å². The number of benzene rings is 2. The number of hydrogen-bond acceptors (Lipinski definition) is 4. The number of rotatable bonds is 7. The van der Waals surface area contributed by atoms with Crippen LogP contribution >= 0.6 is 0 Å². The number of carbonyl (C=O) groups is 1. The van der Waals surface area contributed by atoms with Crippen LogP contribution in [0.3, 0.4) is 0 Å². The van der Waals surface area contributed by atoms with Gasteiger partial charge in [0.1, 0.15) is 0 Å². The SMILES string of the molecule is Cc1c(C(=O)NCc2ccccc2-c2ccc(CN(C)C)cc2)cnn1-c1ccc(C(F)(F)F)cn1. The van der Waals surface area contributed by atoms with Crippen LogP contribution in [0.4, 0.5) is 13.2 Å². The van der Waals surface area contributed by atoms with Crippen molar-refractivity contribution in [3.05, 3.63) is 101 Å². The molecule has 36 heavy (non-hydrogen) atoms. The zero-order valence-corrected chi connectivity index (χ0v) is 20.2. The third-order valence-electron chi connectivity index (χ3n) is 5.77. The van der Waals surface area contributed by atoms with Crippen LogP contribution in [0.15, 0.2) is 73.1 Å². The first kappa shape index (κ1) is 25.1. The third-order valence-corrected chi connectivity index (χ3v) is 5.77. The van der Waals surface area contributed by atoms with Crippen LogP contribution in [0.1, 0.15) is 32.7 Å². The van der Waals surface area contributed by atoms with Gasteiger partial charge >= 0.3 is 6.18 Å². The third kappa shape index (κ3) is 5.63. The second-order valence-electron chi connectivity index (χ2n) is 8.73. The number of amides is 1. The van der Waals surface area contributed by atoms with Crippen molar-refractivity contribution in [2.45, 2.75) is 26.2 Å². The molecule has 0 aliphatic heterocycles. The fourth-order valence-electron chi connectivity index (χ4n) is 3.92. The zero-order valence-electron chi connectivity index (χ0n) is 20.2. The van der Waals surface area contributed by atoms with Crippen LogP contribution in [0, 0.1) is 6.92 Å². The maximum absolute atomic E-state index is 12.9. The van der Waals surface area contributed by atoms with Gasteiger partial charge in [0, 0.05) is 19.3 Å². The van der Waals surface area contributed by atoms with Gasteiger partial charge in [0.15, 0.2) is 5.82 Å². The standard InChI is InChI=1S/C27H26F3N5O/c1-18-24(16-33-35(18)25-13-12-22(15-31-25)27(28,29)30)26(36)32-14-21-6-4-5-7-23(21)20-10-8-19(9-11-20)17-34(2)3/h4-13,15-16H,14,17H2,1-3H3,(H,32,36). The molecule has 0 saturated carbocycles. The lowest BCUT2D eigenvalue weighted by molar-refractivity contribution is -0.137. The van der Waals surface area contributed by atoms with Crippen molar-refractivity contribution < 1.29 is 18.0 Å². The van der Waals surface area contributed by atoms with Crippen LogP contribution in [-0.2, 0) is 19.3 Å². The summed E-state index contributed by atoms with van der Waals surface area (Å²) in [4.78, 5) is 18.9. The van der Waals surface area contributed by atoms with Crippen LogP contribution in [-0.4, -0.2) is 39.7 Å². The minimum absolute atomic E-state index is 0.197. The summed E-state index contributed by atoms with van der Waals surface area (Å²) in [5.74, 6) is -0.135. The Bertz CT molecular complexity index is 1340. The fraction of sp³-hybridized carbons (Fsp3) is 0.222. The summed E-state index contributed by atoms with van der Waals surface area (Å²) in [5.41, 5.74) is 4.20. The highest BCUT2D eigenvalue weighted by Gasteiger charge is 2.30. The Kier molecular flexibility index (Phi) is 7.21. The predicted molar refractivity (Wildman–Crippen MR) is 132 cm³/mol. The van der Waals surface area contributed by atoms with E-state index in [1.54, 1.807) is 6.92 Å². The summed E-state index contributed by atoms with van der Waals surface area (Å²) in [6.45, 7) is 2.83. The summed E-state index contributed by atoms with van der Waals surface area (Å²) < 4.78 is 39.8. The van der Waals surface area contributed by atoms with Gasteiger partial charge in [0.2, 0.25) is 0 Å². The smallest absolute Gasteiger partial charge is 0.348 e. The number of alkyl halides is 3. The van der Waals surface area contributed by atoms with Crippen molar-refractivity contribution in [1.82, 2.24) is 25.0 Å². The number of nitrogens with one attached hydrogen (secondary N) is 1. The molecule has 0 radical (unpaired) electrons. The lowest BCUT2D eigenvalue weighted by Crippen LogP contribution is -2.23. The molecule has 186 valence electrons. The van der Waals surface area contributed by atoms with Crippen LogP contribution in [0.25, 0.3) is 16.9 Å². The lowest BCUT2D eigenvalue weighted by atomic mass is 9.98. The summed E-state index contributed by atoms with van der Waals surface area (Å²) in [7, 11) is 4.05. The molecular formula is C27H26F3N5O. The van der Waals surface area contributed by atoms with E-state index in [1.165, 1.54) is 22.5 Å². The number of carbonyl (C=O) groups excluding carboxylic acids is 1. The maximum Gasteiger partial charge on any atom is 0.417 e. The first-order valence-electron chi connectivity index (χ1n) is 11.3. The van der Waals surface area contributed by atoms with Crippen LogP contribution < -0.4 is 5.32 Å². The van der Waals surface area contributed by atoms with Gasteiger partial charge in [-0.1, -0.05) is 48.5 Å². The molecule has 0 aliphatic carbocycles. The maximum atomic E-state index is 12.9. The highest BCUT2D eigenvalue weighted by molar-refractivity contribution is 5.95. The Hall–Kier alpha value is -3.98. The molecule has 1 amide bonds. The van der Waals surface area contributed by atoms with Gasteiger partial charge in [0.05, 0.1) is 23.0 Å². The van der Waals surface area contributed by atoms with E-state index in [2.05, 4.69) is 44.6 Å². The van der Waals surface area contributed by atoms with Crippen molar-refractivity contribution in [2.24, 2.45) is 0 Å². The average Bonchev–Trinajstić information content (AvgIpc) is 3.24. The number of pyridine rings is 1. The monoisotopic (exact) mass is 493 g/mol. The van der Waals surface area contributed by atoms with Crippen molar-refractivity contribution in [3.63, 3.8) is 0 Å². The fourth-order valence-corrected chi connectivity index (χ4v) is 3.92. The van der Waals surface area contributed by atoms with Gasteiger partial charge in [-0.2, -0.15) is 18.3 Å².